The number of thiazole rings is 1. The van der Waals surface area contributed by atoms with E-state index >= 15 is 0 Å². The fourth-order valence-electron chi connectivity index (χ4n) is 2.71. The summed E-state index contributed by atoms with van der Waals surface area (Å²) in [5, 5.41) is 6.95. The van der Waals surface area contributed by atoms with Crippen LogP contribution in [-0.4, -0.2) is 11.2 Å². The van der Waals surface area contributed by atoms with Crippen molar-refractivity contribution in [2.24, 2.45) is 5.10 Å². The summed E-state index contributed by atoms with van der Waals surface area (Å²) in [5.74, 6) is 0.351. The van der Waals surface area contributed by atoms with Gasteiger partial charge in [-0.1, -0.05) is 60.7 Å². The third kappa shape index (κ3) is 4.86. The first-order valence-corrected chi connectivity index (χ1v) is 9.93. The van der Waals surface area contributed by atoms with Crippen LogP contribution in [-0.2, 0) is 6.61 Å². The van der Waals surface area contributed by atoms with Crippen LogP contribution in [0.15, 0.2) is 89.3 Å². The van der Waals surface area contributed by atoms with E-state index in [1.165, 1.54) is 17.4 Å². The zero-order valence-corrected chi connectivity index (χ0v) is 16.3. The molecule has 29 heavy (non-hydrogen) atoms. The van der Waals surface area contributed by atoms with E-state index in [1.807, 2.05) is 60.0 Å². The predicted molar refractivity (Wildman–Crippen MR) is 116 cm³/mol. The molecule has 0 amide bonds. The zero-order valence-electron chi connectivity index (χ0n) is 15.5. The number of nitrogens with one attached hydrogen (secondary N) is 1. The van der Waals surface area contributed by atoms with Crippen molar-refractivity contribution >= 4 is 22.7 Å². The molecule has 0 saturated heterocycles. The molecule has 3 aromatic carbocycles. The van der Waals surface area contributed by atoms with Gasteiger partial charge in [0, 0.05) is 22.1 Å². The Morgan fingerprint density at radius 3 is 2.59 bits per heavy atom. The summed E-state index contributed by atoms with van der Waals surface area (Å²) in [6, 6.07) is 24.1. The van der Waals surface area contributed by atoms with E-state index in [0.29, 0.717) is 16.4 Å². The van der Waals surface area contributed by atoms with Crippen molar-refractivity contribution in [1.29, 1.82) is 0 Å². The number of benzene rings is 3. The number of para-hydroxylation sites is 1. The molecule has 1 heterocycles. The quantitative estimate of drug-likeness (QED) is 0.305. The van der Waals surface area contributed by atoms with Crippen molar-refractivity contribution in [2.75, 3.05) is 5.43 Å². The Hall–Kier alpha value is -3.51. The Balaban J connectivity index is 1.41. The van der Waals surface area contributed by atoms with Gasteiger partial charge in [0.05, 0.1) is 11.9 Å². The van der Waals surface area contributed by atoms with E-state index < -0.39 is 0 Å². The highest BCUT2D eigenvalue weighted by molar-refractivity contribution is 7.14. The number of hydrogen-bond donors (Lipinski definition) is 1. The minimum Gasteiger partial charge on any atom is -0.488 e. The number of aromatic nitrogens is 1. The lowest BCUT2D eigenvalue weighted by atomic mass is 10.2. The maximum absolute atomic E-state index is 13.8. The molecule has 4 aromatic rings. The average molecular weight is 403 g/mol. The van der Waals surface area contributed by atoms with Gasteiger partial charge in [0.25, 0.3) is 0 Å². The van der Waals surface area contributed by atoms with Crippen LogP contribution in [0.25, 0.3) is 11.3 Å². The van der Waals surface area contributed by atoms with Gasteiger partial charge in [0.15, 0.2) is 0 Å². The third-order valence-corrected chi connectivity index (χ3v) is 4.94. The Morgan fingerprint density at radius 1 is 0.966 bits per heavy atom. The molecule has 144 valence electrons. The second-order valence-electron chi connectivity index (χ2n) is 6.19. The first-order valence-electron chi connectivity index (χ1n) is 9.05. The Labute approximate surface area is 172 Å². The SMILES string of the molecule is Fc1ccccc1COc1ccccc1C=NNc1nc(-c2ccccc2)cs1. The average Bonchev–Trinajstić information content (AvgIpc) is 3.24. The summed E-state index contributed by atoms with van der Waals surface area (Å²) < 4.78 is 19.6. The molecule has 0 bridgehead atoms. The van der Waals surface area contributed by atoms with Crippen molar-refractivity contribution in [3.05, 3.63) is 101 Å². The topological polar surface area (TPSA) is 46.5 Å². The number of hydrazone groups is 1. The van der Waals surface area contributed by atoms with Crippen LogP contribution in [0.2, 0.25) is 0 Å². The number of rotatable bonds is 7. The Morgan fingerprint density at radius 2 is 1.72 bits per heavy atom. The second kappa shape index (κ2) is 9.12. The van der Waals surface area contributed by atoms with Crippen LogP contribution in [0.1, 0.15) is 11.1 Å². The van der Waals surface area contributed by atoms with Gasteiger partial charge in [0.2, 0.25) is 5.13 Å². The molecule has 6 heteroatoms. The normalized spacial score (nSPS) is 10.9. The third-order valence-electron chi connectivity index (χ3n) is 4.20. The summed E-state index contributed by atoms with van der Waals surface area (Å²) >= 11 is 1.48. The number of hydrogen-bond acceptors (Lipinski definition) is 5. The van der Waals surface area contributed by atoms with Crippen molar-refractivity contribution in [3.63, 3.8) is 0 Å². The lowest BCUT2D eigenvalue weighted by Gasteiger charge is -2.09. The van der Waals surface area contributed by atoms with Crippen LogP contribution >= 0.6 is 11.3 Å². The Bertz CT molecular complexity index is 1110. The van der Waals surface area contributed by atoms with E-state index in [4.69, 9.17) is 4.74 Å². The van der Waals surface area contributed by atoms with E-state index in [9.17, 15) is 4.39 Å². The van der Waals surface area contributed by atoms with E-state index in [-0.39, 0.29) is 12.4 Å². The first-order chi connectivity index (χ1) is 14.3. The van der Waals surface area contributed by atoms with Gasteiger partial charge >= 0.3 is 0 Å². The van der Waals surface area contributed by atoms with E-state index in [2.05, 4.69) is 15.5 Å². The van der Waals surface area contributed by atoms with Gasteiger partial charge in [0.1, 0.15) is 18.2 Å². The van der Waals surface area contributed by atoms with Crippen molar-refractivity contribution in [1.82, 2.24) is 4.98 Å². The summed E-state index contributed by atoms with van der Waals surface area (Å²) in [4.78, 5) is 4.54. The molecule has 0 radical (unpaired) electrons. The summed E-state index contributed by atoms with van der Waals surface area (Å²) in [6.07, 6.45) is 1.67. The smallest absolute Gasteiger partial charge is 0.203 e. The first kappa shape index (κ1) is 18.8. The standard InChI is InChI=1S/C23H18FN3OS/c24-20-12-6-4-11-19(20)15-28-22-13-7-5-10-18(22)14-25-27-23-26-21(16-29-23)17-8-2-1-3-9-17/h1-14,16H,15H2,(H,26,27). The second-order valence-corrected chi connectivity index (χ2v) is 7.05. The Kier molecular flexibility index (Phi) is 5.92. The number of ether oxygens (including phenoxy) is 1. The van der Waals surface area contributed by atoms with Crippen LogP contribution in [0.4, 0.5) is 9.52 Å². The lowest BCUT2D eigenvalue weighted by Crippen LogP contribution is -2.01. The number of halogens is 1. The van der Waals surface area contributed by atoms with Crippen molar-refractivity contribution in [2.45, 2.75) is 6.61 Å². The fraction of sp³-hybridized carbons (Fsp3) is 0.0435. The highest BCUT2D eigenvalue weighted by Gasteiger charge is 2.06. The molecular formula is C23H18FN3OS. The minimum absolute atomic E-state index is 0.151. The maximum atomic E-state index is 13.8. The van der Waals surface area contributed by atoms with Gasteiger partial charge in [-0.2, -0.15) is 5.10 Å². The largest absolute Gasteiger partial charge is 0.488 e. The molecule has 0 aliphatic rings. The maximum Gasteiger partial charge on any atom is 0.203 e. The van der Waals surface area contributed by atoms with Crippen LogP contribution < -0.4 is 10.2 Å². The van der Waals surface area contributed by atoms with Gasteiger partial charge < -0.3 is 4.74 Å². The van der Waals surface area contributed by atoms with Gasteiger partial charge in [-0.3, -0.25) is 5.43 Å². The summed E-state index contributed by atoms with van der Waals surface area (Å²) in [7, 11) is 0. The van der Waals surface area contributed by atoms with Crippen molar-refractivity contribution in [3.8, 4) is 17.0 Å². The monoisotopic (exact) mass is 403 g/mol. The molecule has 1 N–H and O–H groups in total. The van der Waals surface area contributed by atoms with E-state index in [0.717, 1.165) is 16.8 Å². The molecule has 0 aliphatic heterocycles. The molecule has 0 saturated carbocycles. The minimum atomic E-state index is -0.279. The van der Waals surface area contributed by atoms with Gasteiger partial charge in [-0.05, 0) is 18.2 Å². The van der Waals surface area contributed by atoms with Gasteiger partial charge in [-0.25, -0.2) is 9.37 Å². The fourth-order valence-corrected chi connectivity index (χ4v) is 3.38. The van der Waals surface area contributed by atoms with Crippen LogP contribution in [0, 0.1) is 5.82 Å². The van der Waals surface area contributed by atoms with Crippen molar-refractivity contribution < 1.29 is 9.13 Å². The van der Waals surface area contributed by atoms with Crippen LogP contribution in [0.5, 0.6) is 5.75 Å². The molecule has 4 rings (SSSR count). The summed E-state index contributed by atoms with van der Waals surface area (Å²) in [5.41, 5.74) is 6.22. The number of anilines is 1. The molecular weight excluding hydrogens is 385 g/mol. The highest BCUT2D eigenvalue weighted by atomic mass is 32.1. The zero-order chi connectivity index (χ0) is 19.9. The predicted octanol–water partition coefficient (Wildman–Crippen LogP) is 5.97. The molecule has 0 spiro atoms. The van der Waals surface area contributed by atoms with E-state index in [1.54, 1.807) is 24.4 Å². The highest BCUT2D eigenvalue weighted by Crippen LogP contribution is 2.24. The van der Waals surface area contributed by atoms with Crippen LogP contribution in [0.3, 0.4) is 0 Å². The molecule has 0 fully saturated rings. The van der Waals surface area contributed by atoms with Gasteiger partial charge in [-0.15, -0.1) is 11.3 Å². The molecule has 4 nitrogen and oxygen atoms in total. The molecule has 0 atom stereocenters. The molecule has 0 aliphatic carbocycles. The molecule has 0 unspecified atom stereocenters. The lowest BCUT2D eigenvalue weighted by molar-refractivity contribution is 0.299. The number of nitrogens with zero attached hydrogens (tertiary/aromatic N) is 2. The summed E-state index contributed by atoms with van der Waals surface area (Å²) in [6.45, 7) is 0.151. The molecule has 1 aromatic heterocycles.